The van der Waals surface area contributed by atoms with Gasteiger partial charge in [0.05, 0.1) is 37.5 Å². The lowest BCUT2D eigenvalue weighted by Crippen LogP contribution is -2.37. The Labute approximate surface area is 339 Å². The molecule has 3 amide bonds. The lowest BCUT2D eigenvalue weighted by Gasteiger charge is -2.26. The molecule has 0 aliphatic carbocycles. The number of carbonyl (C=O) groups excluding carboxylic acids is 2. The van der Waals surface area contributed by atoms with Gasteiger partial charge >= 0.3 is 6.03 Å². The van der Waals surface area contributed by atoms with E-state index >= 15 is 0 Å². The van der Waals surface area contributed by atoms with Crippen LogP contribution in [0.15, 0.2) is 85.1 Å². The summed E-state index contributed by atoms with van der Waals surface area (Å²) in [7, 11) is -0.679. The topological polar surface area (TPSA) is 172 Å². The van der Waals surface area contributed by atoms with Crippen molar-refractivity contribution in [2.75, 3.05) is 67.3 Å². The molecule has 14 nitrogen and oxygen atoms in total. The predicted molar refractivity (Wildman–Crippen MR) is 230 cm³/mol. The van der Waals surface area contributed by atoms with E-state index in [1.165, 1.54) is 26.4 Å². The number of amides is 3. The number of benzene rings is 4. The number of pyridine rings is 1. The van der Waals surface area contributed by atoms with Crippen molar-refractivity contribution in [2.45, 2.75) is 45.4 Å². The summed E-state index contributed by atoms with van der Waals surface area (Å²) in [5, 5.41) is 13.5. The number of anilines is 5. The van der Waals surface area contributed by atoms with Gasteiger partial charge in [0, 0.05) is 53.4 Å². The van der Waals surface area contributed by atoms with E-state index in [-0.39, 0.29) is 22.8 Å². The van der Waals surface area contributed by atoms with E-state index < -0.39 is 16.1 Å². The summed E-state index contributed by atoms with van der Waals surface area (Å²) < 4.78 is 44.3. The maximum Gasteiger partial charge on any atom is 0.323 e. The molecule has 0 atom stereocenters. The predicted octanol–water partition coefficient (Wildman–Crippen LogP) is 8.32. The minimum atomic E-state index is -3.64. The summed E-state index contributed by atoms with van der Waals surface area (Å²) in [6.45, 7) is 9.47. The lowest BCUT2D eigenvalue weighted by molar-refractivity contribution is 0.0946. The monoisotopic (exact) mass is 809 g/mol. The molecule has 4 aromatic carbocycles. The molecule has 5 aromatic rings. The van der Waals surface area contributed by atoms with Crippen molar-refractivity contribution in [1.29, 1.82) is 0 Å². The molecular weight excluding hydrogens is 759 g/mol. The number of likely N-dealkylation sites (tertiary alicyclic amines) is 1. The number of nitrogens with zero attached hydrogens (tertiary/aromatic N) is 2. The molecule has 1 aliphatic heterocycles. The van der Waals surface area contributed by atoms with Crippen LogP contribution in [0.1, 0.15) is 56.0 Å². The largest absolute Gasteiger partial charge is 0.497 e. The molecule has 58 heavy (non-hydrogen) atoms. The van der Waals surface area contributed by atoms with Crippen LogP contribution in [0, 0.1) is 0 Å². The van der Waals surface area contributed by atoms with Crippen molar-refractivity contribution < 1.29 is 32.2 Å². The van der Waals surface area contributed by atoms with Gasteiger partial charge in [-0.05, 0) is 79.4 Å². The van der Waals surface area contributed by atoms with Gasteiger partial charge in [-0.25, -0.2) is 18.2 Å². The van der Waals surface area contributed by atoms with Gasteiger partial charge in [0.2, 0.25) is 10.0 Å². The van der Waals surface area contributed by atoms with Crippen molar-refractivity contribution in [3.05, 3.63) is 96.2 Å². The van der Waals surface area contributed by atoms with Crippen LogP contribution >= 0.6 is 0 Å². The third kappa shape index (κ3) is 10.9. The van der Waals surface area contributed by atoms with Crippen molar-refractivity contribution in [3.8, 4) is 23.0 Å². The molecule has 5 N–H and O–H groups in total. The summed E-state index contributed by atoms with van der Waals surface area (Å²) in [5.41, 5.74) is 2.52. The maximum absolute atomic E-state index is 13.5. The second kappa shape index (κ2) is 18.0. The number of rotatable bonds is 14. The zero-order valence-corrected chi connectivity index (χ0v) is 34.5. The van der Waals surface area contributed by atoms with Gasteiger partial charge in [-0.2, -0.15) is 0 Å². The molecule has 1 fully saturated rings. The second-order valence-corrected chi connectivity index (χ2v) is 16.9. The lowest BCUT2D eigenvalue weighted by atomic mass is 9.86. The van der Waals surface area contributed by atoms with Crippen LogP contribution in [-0.2, 0) is 15.4 Å². The second-order valence-electron chi connectivity index (χ2n) is 15.2. The van der Waals surface area contributed by atoms with E-state index in [2.05, 4.69) is 35.9 Å². The SMILES string of the molecule is COc1cc(Nc2cc(Oc3ccc(NC(=O)Nc4cc(C(C)(C)C)cc(NS(C)(=O)=O)c4OC)c4ccccc34)ccn2)cc(C(=O)NCCN2CCCCC2)c1. The Morgan fingerprint density at radius 1 is 0.810 bits per heavy atom. The highest BCUT2D eigenvalue weighted by Crippen LogP contribution is 2.40. The first-order valence-electron chi connectivity index (χ1n) is 19.1. The Bertz CT molecular complexity index is 2390. The molecular formula is C43H51N7O7S. The Morgan fingerprint density at radius 2 is 1.53 bits per heavy atom. The highest BCUT2D eigenvalue weighted by Gasteiger charge is 2.23. The molecule has 6 rings (SSSR count). The van der Waals surface area contributed by atoms with Gasteiger partial charge in [-0.15, -0.1) is 0 Å². The van der Waals surface area contributed by atoms with Gasteiger partial charge in [-0.1, -0.05) is 51.5 Å². The van der Waals surface area contributed by atoms with Crippen LogP contribution in [0.2, 0.25) is 0 Å². The van der Waals surface area contributed by atoms with Crippen LogP contribution in [-0.4, -0.2) is 76.9 Å². The van der Waals surface area contributed by atoms with Crippen LogP contribution in [0.5, 0.6) is 23.0 Å². The van der Waals surface area contributed by atoms with E-state index in [1.54, 1.807) is 67.9 Å². The van der Waals surface area contributed by atoms with E-state index in [0.29, 0.717) is 52.2 Å². The van der Waals surface area contributed by atoms with Crippen LogP contribution in [0.3, 0.4) is 0 Å². The summed E-state index contributed by atoms with van der Waals surface area (Å²) in [5.74, 6) is 2.05. The maximum atomic E-state index is 13.5. The minimum absolute atomic E-state index is 0.171. The normalized spacial score (nSPS) is 13.3. The quantitative estimate of drug-likeness (QED) is 0.0735. The number of carbonyl (C=O) groups is 2. The smallest absolute Gasteiger partial charge is 0.323 e. The first-order chi connectivity index (χ1) is 27.7. The Balaban J connectivity index is 1.17. The molecule has 306 valence electrons. The summed E-state index contributed by atoms with van der Waals surface area (Å²) in [4.78, 5) is 33.5. The van der Waals surface area contributed by atoms with Gasteiger partial charge in [0.1, 0.15) is 23.1 Å². The number of nitrogens with one attached hydrogen (secondary N) is 5. The molecule has 0 saturated carbocycles. The summed E-state index contributed by atoms with van der Waals surface area (Å²) in [6.07, 6.45) is 6.33. The number of ether oxygens (including phenoxy) is 3. The number of fused-ring (bicyclic) bond motifs is 1. The third-order valence-electron chi connectivity index (χ3n) is 9.63. The number of methoxy groups -OCH3 is 2. The van der Waals surface area contributed by atoms with Gasteiger partial charge in [-0.3, -0.25) is 9.52 Å². The number of sulfonamides is 1. The number of hydrogen-bond donors (Lipinski definition) is 5. The number of hydrogen-bond acceptors (Lipinski definition) is 10. The van der Waals surface area contributed by atoms with Gasteiger partial charge in [0.25, 0.3) is 5.91 Å². The average Bonchev–Trinajstić information content (AvgIpc) is 3.18. The van der Waals surface area contributed by atoms with Crippen LogP contribution < -0.4 is 40.2 Å². The molecule has 2 heterocycles. The average molecular weight is 810 g/mol. The first kappa shape index (κ1) is 41.6. The van der Waals surface area contributed by atoms with E-state index in [9.17, 15) is 18.0 Å². The van der Waals surface area contributed by atoms with Crippen LogP contribution in [0.25, 0.3) is 10.8 Å². The van der Waals surface area contributed by atoms with Crippen LogP contribution in [0.4, 0.5) is 33.4 Å². The van der Waals surface area contributed by atoms with E-state index in [0.717, 1.165) is 42.2 Å². The molecule has 0 spiro atoms. The summed E-state index contributed by atoms with van der Waals surface area (Å²) in [6, 6.07) is 22.6. The van der Waals surface area contributed by atoms with Gasteiger partial charge < -0.3 is 40.4 Å². The number of aromatic nitrogens is 1. The van der Waals surface area contributed by atoms with E-state index in [1.807, 2.05) is 45.0 Å². The Hall–Kier alpha value is -6.06. The fourth-order valence-corrected chi connectivity index (χ4v) is 7.30. The molecule has 0 radical (unpaired) electrons. The summed E-state index contributed by atoms with van der Waals surface area (Å²) >= 11 is 0. The zero-order valence-electron chi connectivity index (χ0n) is 33.7. The molecule has 1 saturated heterocycles. The molecule has 0 bridgehead atoms. The van der Waals surface area contributed by atoms with Crippen molar-refractivity contribution in [1.82, 2.24) is 15.2 Å². The fraction of sp³-hybridized carbons (Fsp3) is 0.326. The van der Waals surface area contributed by atoms with Crippen molar-refractivity contribution in [3.63, 3.8) is 0 Å². The van der Waals surface area contributed by atoms with Crippen molar-refractivity contribution in [2.24, 2.45) is 0 Å². The minimum Gasteiger partial charge on any atom is -0.497 e. The fourth-order valence-electron chi connectivity index (χ4n) is 6.75. The highest BCUT2D eigenvalue weighted by atomic mass is 32.2. The molecule has 1 aromatic heterocycles. The highest BCUT2D eigenvalue weighted by molar-refractivity contribution is 7.92. The zero-order chi connectivity index (χ0) is 41.5. The number of piperidine rings is 1. The molecule has 0 unspecified atom stereocenters. The number of urea groups is 1. The van der Waals surface area contributed by atoms with E-state index in [4.69, 9.17) is 14.2 Å². The van der Waals surface area contributed by atoms with Gasteiger partial charge in [0.15, 0.2) is 5.75 Å². The molecule has 15 heteroatoms. The third-order valence-corrected chi connectivity index (χ3v) is 10.2. The Morgan fingerprint density at radius 3 is 2.24 bits per heavy atom. The Kier molecular flexibility index (Phi) is 12.9. The standard InChI is InChI=1S/C43H51N7O7S/c1-43(2,3)29-24-36(40(56-5)37(25-29)49-58(6,53)54)48-42(52)47-35-14-15-38(34-13-9-8-12-33(34)35)57-31-16-17-44-39(27-31)46-30-22-28(23-32(26-30)55-4)41(51)45-18-21-50-19-10-7-11-20-50/h8-9,12-17,22-27,49H,7,10-11,18-21H2,1-6H3,(H,44,46)(H,45,51)(H2,47,48,52). The first-order valence-corrected chi connectivity index (χ1v) is 21.0. The van der Waals surface area contributed by atoms with Crippen molar-refractivity contribution >= 4 is 61.3 Å². The molecule has 1 aliphatic rings.